The fraction of sp³-hybridized carbons (Fsp3) is 0.182. The molecule has 1 N–H and O–H groups in total. The number of benzene rings is 3. The van der Waals surface area contributed by atoms with Gasteiger partial charge in [0, 0.05) is 13.2 Å². The van der Waals surface area contributed by atoms with Crippen molar-refractivity contribution in [3.63, 3.8) is 0 Å². The summed E-state index contributed by atoms with van der Waals surface area (Å²) < 4.78 is 10.6. The monoisotopic (exact) mass is 365 g/mol. The Morgan fingerprint density at radius 3 is 1.50 bits per heavy atom. The lowest BCUT2D eigenvalue weighted by Crippen LogP contribution is -2.17. The summed E-state index contributed by atoms with van der Waals surface area (Å²) in [6, 6.07) is 24.4. The molecule has 0 spiro atoms. The van der Waals surface area contributed by atoms with Crippen LogP contribution < -0.4 is 20.1 Å². The van der Waals surface area contributed by atoms with E-state index >= 15 is 0 Å². The maximum absolute atomic E-state index is 9.48. The number of rotatable bonds is 6. The van der Waals surface area contributed by atoms with Crippen LogP contribution in [0.3, 0.4) is 0 Å². The van der Waals surface area contributed by atoms with Crippen molar-refractivity contribution in [3.8, 4) is 11.5 Å². The fourth-order valence-corrected chi connectivity index (χ4v) is 5.71. The summed E-state index contributed by atoms with van der Waals surface area (Å²) in [5.41, 5.74) is 2.42. The molecule has 3 rings (SSSR count). The number of ether oxygens (including phenoxy) is 2. The highest BCUT2D eigenvalue weighted by Crippen LogP contribution is 2.48. The molecule has 0 saturated carbocycles. The summed E-state index contributed by atoms with van der Waals surface area (Å²) in [4.78, 5) is 0. The van der Waals surface area contributed by atoms with Gasteiger partial charge in [0.2, 0.25) is 0 Å². The van der Waals surface area contributed by atoms with E-state index in [1.165, 1.54) is 11.1 Å². The molecule has 0 aliphatic carbocycles. The second-order valence-corrected chi connectivity index (χ2v) is 9.32. The molecule has 0 amide bonds. The summed E-state index contributed by atoms with van der Waals surface area (Å²) in [5.74, 6) is 1.62. The highest BCUT2D eigenvalue weighted by atomic mass is 31.2. The molecule has 26 heavy (non-hydrogen) atoms. The van der Waals surface area contributed by atoms with Crippen LogP contribution >= 0.6 is 7.05 Å². The summed E-state index contributed by atoms with van der Waals surface area (Å²) in [6.07, 6.45) is 0.700. The predicted molar refractivity (Wildman–Crippen MR) is 110 cm³/mol. The van der Waals surface area contributed by atoms with Gasteiger partial charge in [-0.3, -0.25) is 0 Å². The van der Waals surface area contributed by atoms with Crippen LogP contribution in [0.2, 0.25) is 0 Å². The number of hydrogen-bond donors (Lipinski definition) is 1. The zero-order chi connectivity index (χ0) is 18.6. The number of hydrogen-bond acceptors (Lipinski definition) is 3. The van der Waals surface area contributed by atoms with Gasteiger partial charge < -0.3 is 14.6 Å². The van der Waals surface area contributed by atoms with Gasteiger partial charge in [0.1, 0.15) is 11.5 Å². The van der Waals surface area contributed by atoms with Crippen molar-refractivity contribution in [2.75, 3.05) is 14.2 Å². The Labute approximate surface area is 155 Å². The molecule has 3 nitrogen and oxygen atoms in total. The molecular formula is C22H24NO2P. The van der Waals surface area contributed by atoms with Crippen LogP contribution in [-0.2, 0) is 6.16 Å². The van der Waals surface area contributed by atoms with Crippen LogP contribution in [0.5, 0.6) is 11.5 Å². The van der Waals surface area contributed by atoms with Gasteiger partial charge in [-0.2, -0.15) is 0 Å². The lowest BCUT2D eigenvalue weighted by Gasteiger charge is -2.24. The first kappa shape index (κ1) is 18.3. The number of aryl methyl sites for hydroxylation is 1. The molecule has 0 aliphatic heterocycles. The molecule has 3 aromatic carbocycles. The quantitative estimate of drug-likeness (QED) is 0.629. The maximum Gasteiger partial charge on any atom is 0.118 e. The van der Waals surface area contributed by atoms with Crippen molar-refractivity contribution < 1.29 is 9.47 Å². The molecule has 0 bridgehead atoms. The minimum atomic E-state index is -2.33. The molecule has 0 unspecified atom stereocenters. The van der Waals surface area contributed by atoms with Crippen LogP contribution in [0.25, 0.3) is 0 Å². The lowest BCUT2D eigenvalue weighted by atomic mass is 10.2. The molecule has 3 aromatic rings. The zero-order valence-corrected chi connectivity index (χ0v) is 16.3. The molecule has 0 heterocycles. The first-order valence-electron chi connectivity index (χ1n) is 8.53. The normalized spacial score (nSPS) is 11.2. The first-order valence-corrected chi connectivity index (χ1v) is 10.5. The van der Waals surface area contributed by atoms with Crippen LogP contribution in [0.1, 0.15) is 11.1 Å². The molecular weight excluding hydrogens is 341 g/mol. The van der Waals surface area contributed by atoms with Gasteiger partial charge in [-0.25, -0.2) is 0 Å². The summed E-state index contributed by atoms with van der Waals surface area (Å²) in [6.45, 7) is 2.08. The summed E-state index contributed by atoms with van der Waals surface area (Å²) >= 11 is 0. The van der Waals surface area contributed by atoms with Crippen LogP contribution in [0, 0.1) is 12.1 Å². The van der Waals surface area contributed by atoms with Gasteiger partial charge in [-0.05, 0) is 71.6 Å². The Morgan fingerprint density at radius 2 is 1.12 bits per heavy atom. The first-order chi connectivity index (χ1) is 12.5. The van der Waals surface area contributed by atoms with E-state index in [9.17, 15) is 5.16 Å². The minimum Gasteiger partial charge on any atom is -0.497 e. The van der Waals surface area contributed by atoms with Crippen molar-refractivity contribution in [1.82, 2.24) is 0 Å². The number of nitrogens with one attached hydrogen (secondary N) is 1. The molecule has 0 radical (unpaired) electrons. The Balaban J connectivity index is 2.06. The molecule has 0 fully saturated rings. The second-order valence-electron chi connectivity index (χ2n) is 6.35. The predicted octanol–water partition coefficient (Wildman–Crippen LogP) is 4.94. The SMILES string of the molecule is COc1ccc(P(=N)(Cc2ccc(C)cc2)c2ccc(OC)cc2)cc1. The van der Waals surface area contributed by atoms with Crippen molar-refractivity contribution >= 4 is 17.7 Å². The van der Waals surface area contributed by atoms with Crippen LogP contribution in [0.4, 0.5) is 0 Å². The third-order valence-electron chi connectivity index (χ3n) is 4.57. The average molecular weight is 365 g/mol. The Bertz CT molecular complexity index is 849. The van der Waals surface area contributed by atoms with E-state index in [1.807, 2.05) is 48.5 Å². The molecule has 0 aromatic heterocycles. The Hall–Kier alpha value is -2.51. The van der Waals surface area contributed by atoms with Crippen molar-refractivity contribution in [2.45, 2.75) is 13.1 Å². The highest BCUT2D eigenvalue weighted by molar-refractivity contribution is 7.79. The van der Waals surface area contributed by atoms with Gasteiger partial charge in [-0.15, -0.1) is 0 Å². The van der Waals surface area contributed by atoms with E-state index in [2.05, 4.69) is 31.2 Å². The van der Waals surface area contributed by atoms with E-state index < -0.39 is 7.05 Å². The highest BCUT2D eigenvalue weighted by Gasteiger charge is 2.23. The fourth-order valence-electron chi connectivity index (χ4n) is 2.97. The third kappa shape index (κ3) is 3.84. The molecule has 0 atom stereocenters. The smallest absolute Gasteiger partial charge is 0.118 e. The zero-order valence-electron chi connectivity index (χ0n) is 15.4. The molecule has 134 valence electrons. The lowest BCUT2D eigenvalue weighted by molar-refractivity contribution is 0.415. The van der Waals surface area contributed by atoms with Gasteiger partial charge in [0.25, 0.3) is 0 Å². The van der Waals surface area contributed by atoms with Gasteiger partial charge >= 0.3 is 0 Å². The van der Waals surface area contributed by atoms with Gasteiger partial charge in [0.15, 0.2) is 0 Å². The van der Waals surface area contributed by atoms with Crippen molar-refractivity contribution in [1.29, 1.82) is 5.16 Å². The minimum absolute atomic E-state index is 0.700. The molecule has 0 saturated heterocycles. The maximum atomic E-state index is 9.48. The van der Waals surface area contributed by atoms with Gasteiger partial charge in [0.05, 0.1) is 14.2 Å². The molecule has 4 heteroatoms. The third-order valence-corrected chi connectivity index (χ3v) is 7.77. The van der Waals surface area contributed by atoms with E-state index in [0.717, 1.165) is 22.1 Å². The van der Waals surface area contributed by atoms with Crippen molar-refractivity contribution in [2.24, 2.45) is 0 Å². The van der Waals surface area contributed by atoms with E-state index in [4.69, 9.17) is 9.47 Å². The summed E-state index contributed by atoms with van der Waals surface area (Å²) in [7, 11) is 0.988. The number of methoxy groups -OCH3 is 2. The van der Waals surface area contributed by atoms with E-state index in [0.29, 0.717) is 6.16 Å². The largest absolute Gasteiger partial charge is 0.497 e. The van der Waals surface area contributed by atoms with Gasteiger partial charge in [-0.1, -0.05) is 29.8 Å². The second kappa shape index (κ2) is 7.80. The van der Waals surface area contributed by atoms with E-state index in [1.54, 1.807) is 14.2 Å². The van der Waals surface area contributed by atoms with E-state index in [-0.39, 0.29) is 0 Å². The standard InChI is InChI=1S/C22H24NO2P/c1-17-4-6-18(7-5-17)16-26(23,21-12-8-19(24-2)9-13-21)22-14-10-20(25-3)11-15-22/h4-15,23H,16H2,1-3H3. The topological polar surface area (TPSA) is 42.3 Å². The molecule has 0 aliphatic rings. The Kier molecular flexibility index (Phi) is 5.49. The average Bonchev–Trinajstić information content (AvgIpc) is 2.70. The van der Waals surface area contributed by atoms with Crippen molar-refractivity contribution in [3.05, 3.63) is 83.9 Å². The Morgan fingerprint density at radius 1 is 0.692 bits per heavy atom. The van der Waals surface area contributed by atoms with Crippen LogP contribution in [0.15, 0.2) is 72.8 Å². The summed E-state index contributed by atoms with van der Waals surface area (Å²) in [5, 5.41) is 11.6. The van der Waals surface area contributed by atoms with Crippen LogP contribution in [-0.4, -0.2) is 14.2 Å².